The minimum Gasteiger partial charge on any atom is -0.461 e. The molecule has 3 nitrogen and oxygen atoms in total. The van der Waals surface area contributed by atoms with Gasteiger partial charge in [0.2, 0.25) is 0 Å². The van der Waals surface area contributed by atoms with E-state index in [1.807, 2.05) is 26.1 Å². The zero-order chi connectivity index (χ0) is 12.2. The van der Waals surface area contributed by atoms with Crippen LogP contribution in [0, 0.1) is 6.92 Å². The van der Waals surface area contributed by atoms with Crippen LogP contribution in [-0.2, 0) is 13.0 Å². The molecule has 4 heteroatoms. The molecule has 2 heterocycles. The summed E-state index contributed by atoms with van der Waals surface area (Å²) >= 11 is 6.29. The van der Waals surface area contributed by atoms with Crippen molar-refractivity contribution in [3.05, 3.63) is 34.0 Å². The molecule has 0 saturated heterocycles. The highest BCUT2D eigenvalue weighted by Gasteiger charge is 2.25. The van der Waals surface area contributed by atoms with Crippen molar-refractivity contribution in [3.63, 3.8) is 0 Å². The van der Waals surface area contributed by atoms with E-state index in [0.29, 0.717) is 0 Å². The number of halogens is 1. The summed E-state index contributed by atoms with van der Waals surface area (Å²) in [5, 5.41) is 1.94. The van der Waals surface area contributed by atoms with Gasteiger partial charge in [0.05, 0.1) is 6.17 Å². The third kappa shape index (κ3) is 1.58. The minimum absolute atomic E-state index is 0.00454. The lowest BCUT2D eigenvalue weighted by atomic mass is 10.0. The van der Waals surface area contributed by atoms with Crippen LogP contribution in [0.3, 0.4) is 0 Å². The smallest absolute Gasteiger partial charge is 0.134 e. The maximum Gasteiger partial charge on any atom is 0.134 e. The average Bonchev–Trinajstić information content (AvgIpc) is 2.52. The van der Waals surface area contributed by atoms with E-state index in [1.54, 1.807) is 0 Å². The molecule has 0 bridgehead atoms. The Hall–Kier alpha value is -1.03. The highest BCUT2D eigenvalue weighted by Crippen LogP contribution is 2.36. The van der Waals surface area contributed by atoms with Gasteiger partial charge in [-0.05, 0) is 31.7 Å². The molecule has 0 spiro atoms. The van der Waals surface area contributed by atoms with Gasteiger partial charge in [-0.25, -0.2) is 0 Å². The van der Waals surface area contributed by atoms with Gasteiger partial charge < -0.3 is 10.2 Å². The number of nitrogens with zero attached hydrogens (tertiary/aromatic N) is 1. The van der Waals surface area contributed by atoms with Crippen LogP contribution in [0.15, 0.2) is 16.5 Å². The monoisotopic (exact) mass is 250 g/mol. The van der Waals surface area contributed by atoms with E-state index in [9.17, 15) is 0 Å². The van der Waals surface area contributed by atoms with Gasteiger partial charge in [0.1, 0.15) is 11.3 Å². The molecule has 0 amide bonds. The molecule has 2 N–H and O–H groups in total. The number of rotatable bonds is 0. The molecule has 1 aliphatic rings. The van der Waals surface area contributed by atoms with E-state index in [0.717, 1.165) is 40.3 Å². The maximum atomic E-state index is 6.29. The molecule has 0 saturated carbocycles. The van der Waals surface area contributed by atoms with Crippen molar-refractivity contribution in [2.45, 2.75) is 26.1 Å². The summed E-state index contributed by atoms with van der Waals surface area (Å²) in [6, 6.07) is 3.83. The van der Waals surface area contributed by atoms with Gasteiger partial charge in [0.25, 0.3) is 0 Å². The molecule has 0 aliphatic carbocycles. The van der Waals surface area contributed by atoms with Crippen molar-refractivity contribution in [2.24, 2.45) is 5.73 Å². The summed E-state index contributed by atoms with van der Waals surface area (Å²) in [6.45, 7) is 2.81. The third-order valence-electron chi connectivity index (χ3n) is 3.59. The standard InChI is InChI=1S/C13H15ClN2O/c1-7-9-6-16(2)12(15)5-8-10(14)3-4-11(17-7)13(8)9/h3-4,12H,5-6,15H2,1-2H3. The van der Waals surface area contributed by atoms with Crippen LogP contribution in [0.1, 0.15) is 16.9 Å². The van der Waals surface area contributed by atoms with Gasteiger partial charge >= 0.3 is 0 Å². The van der Waals surface area contributed by atoms with Crippen LogP contribution in [0.5, 0.6) is 0 Å². The molecule has 1 unspecified atom stereocenters. The normalized spacial score (nSPS) is 20.8. The first-order valence-electron chi connectivity index (χ1n) is 5.73. The first-order chi connectivity index (χ1) is 8.08. The molecule has 0 radical (unpaired) electrons. The Balaban J connectivity index is 2.36. The van der Waals surface area contributed by atoms with Crippen molar-refractivity contribution in [1.29, 1.82) is 0 Å². The fourth-order valence-electron chi connectivity index (χ4n) is 2.54. The predicted molar refractivity (Wildman–Crippen MR) is 69.1 cm³/mol. The molecule has 90 valence electrons. The Bertz CT molecular complexity index is 591. The predicted octanol–water partition coefficient (Wildman–Crippen LogP) is 2.67. The van der Waals surface area contributed by atoms with E-state index in [1.165, 1.54) is 5.56 Å². The molecule has 0 fully saturated rings. The second-order valence-electron chi connectivity index (χ2n) is 4.72. The van der Waals surface area contributed by atoms with Gasteiger partial charge in [0, 0.05) is 28.9 Å². The average molecular weight is 251 g/mol. The number of nitrogens with two attached hydrogens (primary N) is 1. The second kappa shape index (κ2) is 3.73. The molecular formula is C13H15ClN2O. The Morgan fingerprint density at radius 2 is 2.18 bits per heavy atom. The lowest BCUT2D eigenvalue weighted by Gasteiger charge is -2.21. The fourth-order valence-corrected chi connectivity index (χ4v) is 2.78. The Morgan fingerprint density at radius 1 is 1.41 bits per heavy atom. The van der Waals surface area contributed by atoms with Crippen LogP contribution >= 0.6 is 11.6 Å². The molecule has 1 aliphatic heterocycles. The number of furan rings is 1. The zero-order valence-electron chi connectivity index (χ0n) is 9.96. The number of aryl methyl sites for hydroxylation is 1. The van der Waals surface area contributed by atoms with Crippen molar-refractivity contribution in [3.8, 4) is 0 Å². The lowest BCUT2D eigenvalue weighted by molar-refractivity contribution is 0.240. The van der Waals surface area contributed by atoms with Crippen LogP contribution in [-0.4, -0.2) is 18.1 Å². The number of hydrogen-bond acceptors (Lipinski definition) is 3. The number of hydrogen-bond donors (Lipinski definition) is 1. The van der Waals surface area contributed by atoms with E-state index in [-0.39, 0.29) is 6.17 Å². The Morgan fingerprint density at radius 3 is 2.94 bits per heavy atom. The van der Waals surface area contributed by atoms with Crippen LogP contribution in [0.2, 0.25) is 5.02 Å². The lowest BCUT2D eigenvalue weighted by Crippen LogP contribution is -2.39. The summed E-state index contributed by atoms with van der Waals surface area (Å²) in [7, 11) is 2.03. The van der Waals surface area contributed by atoms with Crippen LogP contribution in [0.4, 0.5) is 0 Å². The van der Waals surface area contributed by atoms with E-state index < -0.39 is 0 Å². The second-order valence-corrected chi connectivity index (χ2v) is 5.13. The van der Waals surface area contributed by atoms with Gasteiger partial charge in [-0.3, -0.25) is 4.90 Å². The fraction of sp³-hybridized carbons (Fsp3) is 0.385. The number of benzene rings is 1. The molecule has 3 rings (SSSR count). The first kappa shape index (κ1) is 11.1. The summed E-state index contributed by atoms with van der Waals surface area (Å²) in [5.74, 6) is 0.962. The summed E-state index contributed by atoms with van der Waals surface area (Å²) in [4.78, 5) is 2.13. The van der Waals surface area contributed by atoms with Crippen molar-refractivity contribution >= 4 is 22.6 Å². The summed E-state index contributed by atoms with van der Waals surface area (Å²) < 4.78 is 5.78. The highest BCUT2D eigenvalue weighted by atomic mass is 35.5. The highest BCUT2D eigenvalue weighted by molar-refractivity contribution is 6.32. The van der Waals surface area contributed by atoms with Crippen LogP contribution in [0.25, 0.3) is 11.0 Å². The van der Waals surface area contributed by atoms with Crippen molar-refractivity contribution in [1.82, 2.24) is 4.90 Å². The Labute approximate surface area is 105 Å². The minimum atomic E-state index is 0.00454. The first-order valence-corrected chi connectivity index (χ1v) is 6.11. The molecule has 1 atom stereocenters. The van der Waals surface area contributed by atoms with Gasteiger partial charge in [0.15, 0.2) is 0 Å². The molecule has 1 aromatic carbocycles. The van der Waals surface area contributed by atoms with Gasteiger partial charge in [-0.1, -0.05) is 11.6 Å². The SMILES string of the molecule is Cc1oc2ccc(Cl)c3c2c1CN(C)C(N)C3. The van der Waals surface area contributed by atoms with Gasteiger partial charge in [-0.15, -0.1) is 0 Å². The maximum absolute atomic E-state index is 6.29. The third-order valence-corrected chi connectivity index (χ3v) is 3.95. The van der Waals surface area contributed by atoms with Gasteiger partial charge in [-0.2, -0.15) is 0 Å². The number of likely N-dealkylation sites (N-methyl/N-ethyl adjacent to an activating group) is 1. The van der Waals surface area contributed by atoms with Crippen molar-refractivity contribution in [2.75, 3.05) is 7.05 Å². The Kier molecular flexibility index (Phi) is 2.43. The van der Waals surface area contributed by atoms with Crippen molar-refractivity contribution < 1.29 is 4.42 Å². The molecular weight excluding hydrogens is 236 g/mol. The van der Waals surface area contributed by atoms with E-state index in [4.69, 9.17) is 21.8 Å². The zero-order valence-corrected chi connectivity index (χ0v) is 10.7. The molecule has 1 aromatic heterocycles. The molecule has 2 aromatic rings. The van der Waals surface area contributed by atoms with Crippen LogP contribution < -0.4 is 5.73 Å². The van der Waals surface area contributed by atoms with E-state index >= 15 is 0 Å². The molecule has 17 heavy (non-hydrogen) atoms. The van der Waals surface area contributed by atoms with E-state index in [2.05, 4.69) is 4.90 Å². The summed E-state index contributed by atoms with van der Waals surface area (Å²) in [5.41, 5.74) is 9.40. The largest absolute Gasteiger partial charge is 0.461 e. The topological polar surface area (TPSA) is 42.4 Å². The quantitative estimate of drug-likeness (QED) is 0.782. The summed E-state index contributed by atoms with van der Waals surface area (Å²) in [6.07, 6.45) is 0.767.